The number of pyridine rings is 1. The van der Waals surface area contributed by atoms with Crippen molar-refractivity contribution in [3.05, 3.63) is 23.9 Å². The Balaban J connectivity index is 0.00000312. The molecule has 142 valence electrons. The number of aromatic nitrogens is 1. The minimum absolute atomic E-state index is 0. The molecule has 1 aliphatic heterocycles. The molecule has 0 saturated carbocycles. The van der Waals surface area contributed by atoms with Crippen LogP contribution in [0.15, 0.2) is 23.3 Å². The van der Waals surface area contributed by atoms with Crippen LogP contribution in [-0.2, 0) is 11.3 Å². The maximum absolute atomic E-state index is 5.58. The Morgan fingerprint density at radius 2 is 2.20 bits per heavy atom. The molecule has 0 amide bonds. The lowest BCUT2D eigenvalue weighted by Crippen LogP contribution is -2.41. The number of anilines is 1. The summed E-state index contributed by atoms with van der Waals surface area (Å²) in [7, 11) is 0. The Morgan fingerprint density at radius 3 is 2.80 bits per heavy atom. The van der Waals surface area contributed by atoms with Crippen molar-refractivity contribution in [2.24, 2.45) is 10.9 Å². The van der Waals surface area contributed by atoms with E-state index in [0.29, 0.717) is 12.5 Å². The van der Waals surface area contributed by atoms with Gasteiger partial charge < -0.3 is 20.3 Å². The molecule has 0 radical (unpaired) electrons. The second kappa shape index (κ2) is 11.5. The Kier molecular flexibility index (Phi) is 10.1. The summed E-state index contributed by atoms with van der Waals surface area (Å²) >= 11 is 0. The third kappa shape index (κ3) is 7.77. The predicted octanol–water partition coefficient (Wildman–Crippen LogP) is 2.64. The summed E-state index contributed by atoms with van der Waals surface area (Å²) in [6.07, 6.45) is 2.19. The van der Waals surface area contributed by atoms with E-state index in [9.17, 15) is 0 Å². The zero-order valence-corrected chi connectivity index (χ0v) is 18.1. The van der Waals surface area contributed by atoms with Gasteiger partial charge in [-0.05, 0) is 31.4 Å². The van der Waals surface area contributed by atoms with Crippen LogP contribution >= 0.6 is 24.0 Å². The maximum Gasteiger partial charge on any atom is 0.191 e. The minimum Gasteiger partial charge on any atom is -0.375 e. The van der Waals surface area contributed by atoms with E-state index in [0.717, 1.165) is 50.1 Å². The van der Waals surface area contributed by atoms with E-state index in [1.165, 1.54) is 0 Å². The predicted molar refractivity (Wildman–Crippen MR) is 115 cm³/mol. The lowest BCUT2D eigenvalue weighted by atomic mass is 10.2. The standard InChI is InChI=1S/C18H31N5O.HI/c1-5-19-18(21-10-14(2)3)22-12-16-6-7-17(20-11-16)23-8-9-24-15(4)13-23;/h6-7,11,14-15H,5,8-10,12-13H2,1-4H3,(H2,19,21,22);1H. The highest BCUT2D eigenvalue weighted by Gasteiger charge is 2.17. The van der Waals surface area contributed by atoms with E-state index in [1.807, 2.05) is 6.20 Å². The number of rotatable bonds is 6. The van der Waals surface area contributed by atoms with Crippen molar-refractivity contribution in [3.8, 4) is 0 Å². The van der Waals surface area contributed by atoms with Crippen LogP contribution in [0.25, 0.3) is 0 Å². The van der Waals surface area contributed by atoms with Crippen LogP contribution in [0, 0.1) is 5.92 Å². The van der Waals surface area contributed by atoms with Gasteiger partial charge >= 0.3 is 0 Å². The Labute approximate surface area is 168 Å². The van der Waals surface area contributed by atoms with Crippen LogP contribution in [-0.4, -0.2) is 49.8 Å². The van der Waals surface area contributed by atoms with E-state index in [-0.39, 0.29) is 30.1 Å². The maximum atomic E-state index is 5.58. The highest BCUT2D eigenvalue weighted by molar-refractivity contribution is 14.0. The molecular formula is C18H32IN5O. The van der Waals surface area contributed by atoms with Crippen LogP contribution in [0.5, 0.6) is 0 Å². The average molecular weight is 461 g/mol. The molecular weight excluding hydrogens is 429 g/mol. The fourth-order valence-corrected chi connectivity index (χ4v) is 2.54. The van der Waals surface area contributed by atoms with Gasteiger partial charge in [-0.2, -0.15) is 0 Å². The molecule has 1 atom stereocenters. The van der Waals surface area contributed by atoms with Crippen molar-refractivity contribution in [3.63, 3.8) is 0 Å². The number of halogens is 1. The lowest BCUT2D eigenvalue weighted by molar-refractivity contribution is 0.0529. The van der Waals surface area contributed by atoms with E-state index in [2.05, 4.69) is 65.3 Å². The molecule has 1 unspecified atom stereocenters. The molecule has 2 N–H and O–H groups in total. The smallest absolute Gasteiger partial charge is 0.191 e. The third-order valence-electron chi connectivity index (χ3n) is 3.82. The number of nitrogens with zero attached hydrogens (tertiary/aromatic N) is 3. The van der Waals surface area contributed by atoms with Gasteiger partial charge in [-0.1, -0.05) is 19.9 Å². The minimum atomic E-state index is 0. The second-order valence-corrected chi connectivity index (χ2v) is 6.62. The quantitative estimate of drug-likeness (QED) is 0.388. The van der Waals surface area contributed by atoms with Crippen molar-refractivity contribution < 1.29 is 4.74 Å². The molecule has 1 aromatic rings. The third-order valence-corrected chi connectivity index (χ3v) is 3.82. The van der Waals surface area contributed by atoms with Gasteiger partial charge in [0.15, 0.2) is 5.96 Å². The molecule has 1 fully saturated rings. The first kappa shape index (κ1) is 22.0. The molecule has 0 spiro atoms. The molecule has 7 heteroatoms. The monoisotopic (exact) mass is 461 g/mol. The summed E-state index contributed by atoms with van der Waals surface area (Å²) in [6, 6.07) is 4.19. The first-order valence-electron chi connectivity index (χ1n) is 8.92. The number of aliphatic imine (C=N–C) groups is 1. The van der Waals surface area contributed by atoms with Crippen LogP contribution in [0.2, 0.25) is 0 Å². The molecule has 0 aromatic carbocycles. The van der Waals surface area contributed by atoms with Gasteiger partial charge in [0.05, 0.1) is 19.3 Å². The molecule has 2 rings (SSSR count). The highest BCUT2D eigenvalue weighted by atomic mass is 127. The summed E-state index contributed by atoms with van der Waals surface area (Å²) in [6.45, 7) is 13.5. The lowest BCUT2D eigenvalue weighted by Gasteiger charge is -2.32. The van der Waals surface area contributed by atoms with Crippen molar-refractivity contribution in [2.75, 3.05) is 37.7 Å². The second-order valence-electron chi connectivity index (χ2n) is 6.62. The summed E-state index contributed by atoms with van der Waals surface area (Å²) in [5.74, 6) is 2.46. The van der Waals surface area contributed by atoms with Crippen LogP contribution in [0.3, 0.4) is 0 Å². The SMILES string of the molecule is CCNC(=NCc1ccc(N2CCOC(C)C2)nc1)NCC(C)C.I. The first-order valence-corrected chi connectivity index (χ1v) is 8.92. The average Bonchev–Trinajstić information content (AvgIpc) is 2.58. The fraction of sp³-hybridized carbons (Fsp3) is 0.667. The Morgan fingerprint density at radius 1 is 1.40 bits per heavy atom. The van der Waals surface area contributed by atoms with Crippen LogP contribution in [0.1, 0.15) is 33.3 Å². The molecule has 2 heterocycles. The summed E-state index contributed by atoms with van der Waals surface area (Å²) in [5.41, 5.74) is 1.11. The van der Waals surface area contributed by atoms with E-state index in [1.54, 1.807) is 0 Å². The summed E-state index contributed by atoms with van der Waals surface area (Å²) in [5, 5.41) is 6.63. The van der Waals surface area contributed by atoms with Crippen LogP contribution < -0.4 is 15.5 Å². The van der Waals surface area contributed by atoms with Gasteiger partial charge in [-0.15, -0.1) is 24.0 Å². The summed E-state index contributed by atoms with van der Waals surface area (Å²) in [4.78, 5) is 11.5. The zero-order chi connectivity index (χ0) is 17.4. The van der Waals surface area contributed by atoms with E-state index in [4.69, 9.17) is 4.74 Å². The zero-order valence-electron chi connectivity index (χ0n) is 15.8. The number of ether oxygens (including phenoxy) is 1. The van der Waals surface area contributed by atoms with Gasteiger partial charge in [0.25, 0.3) is 0 Å². The van der Waals surface area contributed by atoms with Crippen molar-refractivity contribution >= 4 is 35.8 Å². The fourth-order valence-electron chi connectivity index (χ4n) is 2.54. The first-order chi connectivity index (χ1) is 11.6. The molecule has 0 bridgehead atoms. The molecule has 1 aliphatic rings. The van der Waals surface area contributed by atoms with Crippen LogP contribution in [0.4, 0.5) is 5.82 Å². The molecule has 25 heavy (non-hydrogen) atoms. The Bertz CT molecular complexity index is 521. The van der Waals surface area contributed by atoms with Crippen molar-refractivity contribution in [2.45, 2.75) is 40.3 Å². The number of hydrogen-bond acceptors (Lipinski definition) is 4. The normalized spacial score (nSPS) is 18.0. The number of morpholine rings is 1. The van der Waals surface area contributed by atoms with Gasteiger partial charge in [-0.25, -0.2) is 9.98 Å². The topological polar surface area (TPSA) is 61.8 Å². The molecule has 1 aromatic heterocycles. The van der Waals surface area contributed by atoms with Gasteiger partial charge in [0.2, 0.25) is 0 Å². The van der Waals surface area contributed by atoms with E-state index >= 15 is 0 Å². The van der Waals surface area contributed by atoms with E-state index < -0.39 is 0 Å². The molecule has 1 saturated heterocycles. The van der Waals surface area contributed by atoms with Gasteiger partial charge in [0, 0.05) is 32.4 Å². The Hall–Kier alpha value is -1.09. The van der Waals surface area contributed by atoms with Crippen molar-refractivity contribution in [1.82, 2.24) is 15.6 Å². The number of nitrogens with one attached hydrogen (secondary N) is 2. The number of hydrogen-bond donors (Lipinski definition) is 2. The molecule has 0 aliphatic carbocycles. The van der Waals surface area contributed by atoms with Crippen molar-refractivity contribution in [1.29, 1.82) is 0 Å². The van der Waals surface area contributed by atoms with Gasteiger partial charge in [-0.3, -0.25) is 0 Å². The largest absolute Gasteiger partial charge is 0.375 e. The van der Waals surface area contributed by atoms with Gasteiger partial charge in [0.1, 0.15) is 5.82 Å². The molecule has 6 nitrogen and oxygen atoms in total. The number of guanidine groups is 1. The highest BCUT2D eigenvalue weighted by Crippen LogP contribution is 2.15. The summed E-state index contributed by atoms with van der Waals surface area (Å²) < 4.78 is 5.58.